The summed E-state index contributed by atoms with van der Waals surface area (Å²) < 4.78 is 36.2. The molecule has 2 fully saturated rings. The summed E-state index contributed by atoms with van der Waals surface area (Å²) in [7, 11) is 1.88. The molecule has 1 saturated carbocycles. The molecule has 4 heterocycles. The van der Waals surface area contributed by atoms with E-state index >= 15 is 0 Å². The number of likely N-dealkylation sites (tertiary alicyclic amines) is 1. The van der Waals surface area contributed by atoms with Crippen molar-refractivity contribution in [1.29, 1.82) is 0 Å². The normalized spacial score (nSPS) is 20.7. The van der Waals surface area contributed by atoms with Crippen LogP contribution in [-0.4, -0.2) is 65.2 Å². The van der Waals surface area contributed by atoms with E-state index in [1.165, 1.54) is 6.33 Å². The average Bonchev–Trinajstić information content (AvgIpc) is 3.44. The molecule has 5 rings (SSSR count). The van der Waals surface area contributed by atoms with E-state index < -0.39 is 11.8 Å². The van der Waals surface area contributed by atoms with Crippen LogP contribution in [0.15, 0.2) is 12.5 Å². The van der Waals surface area contributed by atoms with Gasteiger partial charge in [0.15, 0.2) is 11.2 Å². The number of halogens is 2. The van der Waals surface area contributed by atoms with Gasteiger partial charge in [-0.15, -0.1) is 0 Å². The summed E-state index contributed by atoms with van der Waals surface area (Å²) in [5.74, 6) is -2.42. The third-order valence-corrected chi connectivity index (χ3v) is 6.44. The molecule has 1 unspecified atom stereocenters. The molecule has 3 aromatic rings. The Kier molecular flexibility index (Phi) is 4.86. The fraction of sp³-hybridized carbons (Fsp3) is 0.571. The van der Waals surface area contributed by atoms with Crippen LogP contribution in [0, 0.1) is 12.8 Å². The van der Waals surface area contributed by atoms with Crippen molar-refractivity contribution in [1.82, 2.24) is 34.2 Å². The summed E-state index contributed by atoms with van der Waals surface area (Å²) in [6.07, 6.45) is 2.85. The summed E-state index contributed by atoms with van der Waals surface area (Å²) in [5.41, 5.74) is 3.09. The number of hydrogen-bond donors (Lipinski definition) is 0. The highest BCUT2D eigenvalue weighted by molar-refractivity contribution is 5.82. The molecule has 2 aliphatic rings. The highest BCUT2D eigenvalue weighted by Crippen LogP contribution is 2.43. The molecule has 1 aliphatic carbocycles. The maximum atomic E-state index is 13.1. The van der Waals surface area contributed by atoms with Gasteiger partial charge in [0.2, 0.25) is 17.7 Å². The Morgan fingerprint density at radius 3 is 2.78 bits per heavy atom. The van der Waals surface area contributed by atoms with Crippen molar-refractivity contribution in [3.8, 4) is 17.3 Å². The summed E-state index contributed by atoms with van der Waals surface area (Å²) in [4.78, 5) is 27.5. The number of aryl methyl sites for hydroxylation is 2. The first-order valence-electron chi connectivity index (χ1n) is 10.8. The molecule has 9 nitrogen and oxygen atoms in total. The highest BCUT2D eigenvalue weighted by Gasteiger charge is 2.50. The number of ether oxygens (including phenoxy) is 1. The molecule has 0 radical (unpaired) electrons. The Morgan fingerprint density at radius 2 is 2.09 bits per heavy atom. The number of hydrogen-bond acceptors (Lipinski definition) is 6. The minimum atomic E-state index is -2.70. The maximum absolute atomic E-state index is 13.1. The zero-order chi connectivity index (χ0) is 22.6. The molecule has 3 aromatic heterocycles. The van der Waals surface area contributed by atoms with E-state index in [4.69, 9.17) is 9.72 Å². The second-order valence-corrected chi connectivity index (χ2v) is 8.58. The van der Waals surface area contributed by atoms with E-state index in [0.29, 0.717) is 36.6 Å². The Labute approximate surface area is 183 Å². The standard InChI is InChI=1S/C21H25F2N7O2/c1-4-30-12(2)15(9-26-30)17-27-16-18(28(17)3)24-11-25-19(16)32-14-5-6-29(10-14)20(31)13-7-21(22,23)8-13/h9,11,13-14H,4-8,10H2,1-3H3. The lowest BCUT2D eigenvalue weighted by Crippen LogP contribution is -2.46. The SMILES string of the molecule is CCn1ncc(-c2nc3c(OC4CCN(C(=O)C5CC(F)(F)C5)C4)ncnc3n2C)c1C. The third kappa shape index (κ3) is 3.39. The van der Waals surface area contributed by atoms with Crippen LogP contribution >= 0.6 is 0 Å². The highest BCUT2D eigenvalue weighted by atomic mass is 19.3. The number of carbonyl (C=O) groups is 1. The van der Waals surface area contributed by atoms with Crippen LogP contribution in [0.25, 0.3) is 22.6 Å². The van der Waals surface area contributed by atoms with Gasteiger partial charge < -0.3 is 14.2 Å². The molecule has 0 aromatic carbocycles. The van der Waals surface area contributed by atoms with Crippen molar-refractivity contribution < 1.29 is 18.3 Å². The molecule has 0 N–H and O–H groups in total. The lowest BCUT2D eigenvalue weighted by Gasteiger charge is -2.36. The van der Waals surface area contributed by atoms with E-state index in [1.54, 1.807) is 11.1 Å². The van der Waals surface area contributed by atoms with Gasteiger partial charge in [0.1, 0.15) is 18.3 Å². The first-order valence-corrected chi connectivity index (χ1v) is 10.8. The average molecular weight is 445 g/mol. The molecule has 1 saturated heterocycles. The van der Waals surface area contributed by atoms with E-state index in [-0.39, 0.29) is 24.9 Å². The van der Waals surface area contributed by atoms with Crippen molar-refractivity contribution in [2.24, 2.45) is 13.0 Å². The Bertz CT molecular complexity index is 1180. The quantitative estimate of drug-likeness (QED) is 0.600. The van der Waals surface area contributed by atoms with E-state index in [9.17, 15) is 13.6 Å². The van der Waals surface area contributed by atoms with E-state index in [0.717, 1.165) is 23.6 Å². The predicted octanol–water partition coefficient (Wildman–Crippen LogP) is 2.58. The molecule has 1 atom stereocenters. The van der Waals surface area contributed by atoms with Crippen molar-refractivity contribution >= 4 is 17.1 Å². The summed E-state index contributed by atoms with van der Waals surface area (Å²) in [6, 6.07) is 0. The van der Waals surface area contributed by atoms with E-state index in [2.05, 4.69) is 15.1 Å². The first-order chi connectivity index (χ1) is 15.3. The number of fused-ring (bicyclic) bond motifs is 1. The van der Waals surface area contributed by atoms with Gasteiger partial charge in [-0.1, -0.05) is 0 Å². The predicted molar refractivity (Wildman–Crippen MR) is 111 cm³/mol. The summed E-state index contributed by atoms with van der Waals surface area (Å²) >= 11 is 0. The molecule has 0 spiro atoms. The largest absolute Gasteiger partial charge is 0.471 e. The molecule has 0 bridgehead atoms. The van der Waals surface area contributed by atoms with Gasteiger partial charge in [0.25, 0.3) is 0 Å². The number of imidazole rings is 1. The van der Waals surface area contributed by atoms with Crippen LogP contribution in [0.5, 0.6) is 5.88 Å². The van der Waals surface area contributed by atoms with Gasteiger partial charge in [-0.05, 0) is 13.8 Å². The van der Waals surface area contributed by atoms with Crippen LogP contribution < -0.4 is 4.74 Å². The van der Waals surface area contributed by atoms with Crippen LogP contribution in [0.4, 0.5) is 8.78 Å². The van der Waals surface area contributed by atoms with Crippen LogP contribution in [0.1, 0.15) is 31.9 Å². The van der Waals surface area contributed by atoms with Crippen LogP contribution in [0.3, 0.4) is 0 Å². The Balaban J connectivity index is 1.35. The third-order valence-electron chi connectivity index (χ3n) is 6.44. The second-order valence-electron chi connectivity index (χ2n) is 8.58. The monoisotopic (exact) mass is 445 g/mol. The number of aromatic nitrogens is 6. The number of amides is 1. The maximum Gasteiger partial charge on any atom is 0.249 e. The fourth-order valence-corrected chi connectivity index (χ4v) is 4.57. The van der Waals surface area contributed by atoms with Crippen molar-refractivity contribution in [2.75, 3.05) is 13.1 Å². The molecular formula is C21H25F2N7O2. The molecule has 1 amide bonds. The fourth-order valence-electron chi connectivity index (χ4n) is 4.57. The first kappa shape index (κ1) is 20.8. The number of nitrogens with zero attached hydrogens (tertiary/aromatic N) is 7. The second kappa shape index (κ2) is 7.49. The number of carbonyl (C=O) groups excluding carboxylic acids is 1. The molecule has 1 aliphatic heterocycles. The molecular weight excluding hydrogens is 420 g/mol. The zero-order valence-electron chi connectivity index (χ0n) is 18.3. The molecule has 170 valence electrons. The van der Waals surface area contributed by atoms with Crippen LogP contribution in [-0.2, 0) is 18.4 Å². The lowest BCUT2D eigenvalue weighted by atomic mass is 9.80. The van der Waals surface area contributed by atoms with Crippen LogP contribution in [0.2, 0.25) is 0 Å². The van der Waals surface area contributed by atoms with E-state index in [1.807, 2.05) is 30.1 Å². The van der Waals surface area contributed by atoms with Gasteiger partial charge in [-0.2, -0.15) is 10.1 Å². The van der Waals surface area contributed by atoms with Crippen molar-refractivity contribution in [3.05, 3.63) is 18.2 Å². The Morgan fingerprint density at radius 1 is 1.31 bits per heavy atom. The van der Waals surface area contributed by atoms with Crippen molar-refractivity contribution in [2.45, 2.75) is 51.7 Å². The van der Waals surface area contributed by atoms with Gasteiger partial charge in [0.05, 0.1) is 18.3 Å². The topological polar surface area (TPSA) is 91.0 Å². The zero-order valence-corrected chi connectivity index (χ0v) is 18.3. The smallest absolute Gasteiger partial charge is 0.249 e. The molecule has 32 heavy (non-hydrogen) atoms. The number of alkyl halides is 2. The van der Waals surface area contributed by atoms with Crippen molar-refractivity contribution in [3.63, 3.8) is 0 Å². The summed E-state index contributed by atoms with van der Waals surface area (Å²) in [5, 5.41) is 4.40. The van der Waals surface area contributed by atoms with Gasteiger partial charge >= 0.3 is 0 Å². The Hall–Kier alpha value is -3.11. The minimum Gasteiger partial charge on any atom is -0.471 e. The summed E-state index contributed by atoms with van der Waals surface area (Å²) in [6.45, 7) is 5.63. The van der Waals surface area contributed by atoms with Gasteiger partial charge in [0, 0.05) is 51.0 Å². The number of rotatable bonds is 5. The minimum absolute atomic E-state index is 0.210. The molecule has 11 heteroatoms. The van der Waals surface area contributed by atoms with Gasteiger partial charge in [-0.3, -0.25) is 9.48 Å². The lowest BCUT2D eigenvalue weighted by molar-refractivity contribution is -0.159. The van der Waals surface area contributed by atoms with Gasteiger partial charge in [-0.25, -0.2) is 18.7 Å².